The number of pyridine rings is 1. The SMILES string of the molecule is CCNC(C)c1ccc(N(C)Cc2scnc2C)nc1. The Morgan fingerprint density at radius 2 is 2.15 bits per heavy atom. The molecule has 0 aliphatic heterocycles. The molecule has 0 amide bonds. The Hall–Kier alpha value is -1.46. The van der Waals surface area contributed by atoms with Gasteiger partial charge in [0.1, 0.15) is 5.82 Å². The molecule has 0 aliphatic carbocycles. The van der Waals surface area contributed by atoms with E-state index < -0.39 is 0 Å². The van der Waals surface area contributed by atoms with Gasteiger partial charge >= 0.3 is 0 Å². The van der Waals surface area contributed by atoms with E-state index in [0.29, 0.717) is 6.04 Å². The van der Waals surface area contributed by atoms with Crippen molar-refractivity contribution in [1.29, 1.82) is 0 Å². The predicted octanol–water partition coefficient (Wildman–Crippen LogP) is 3.15. The Bertz CT molecular complexity index is 535. The van der Waals surface area contributed by atoms with Crippen molar-refractivity contribution >= 4 is 17.2 Å². The van der Waals surface area contributed by atoms with Gasteiger partial charge in [-0.25, -0.2) is 9.97 Å². The van der Waals surface area contributed by atoms with E-state index in [2.05, 4.69) is 53.2 Å². The number of nitrogens with zero attached hydrogens (tertiary/aromatic N) is 3. The molecule has 0 spiro atoms. The summed E-state index contributed by atoms with van der Waals surface area (Å²) >= 11 is 1.70. The van der Waals surface area contributed by atoms with Crippen molar-refractivity contribution in [2.75, 3.05) is 18.5 Å². The van der Waals surface area contributed by atoms with Crippen molar-refractivity contribution < 1.29 is 0 Å². The van der Waals surface area contributed by atoms with Crippen molar-refractivity contribution in [1.82, 2.24) is 15.3 Å². The summed E-state index contributed by atoms with van der Waals surface area (Å²) in [6, 6.07) is 4.57. The topological polar surface area (TPSA) is 41.0 Å². The average Bonchev–Trinajstić information content (AvgIpc) is 2.85. The molecule has 2 rings (SSSR count). The Labute approximate surface area is 124 Å². The van der Waals surface area contributed by atoms with Gasteiger partial charge < -0.3 is 10.2 Å². The number of aromatic nitrogens is 2. The molecule has 0 saturated carbocycles. The van der Waals surface area contributed by atoms with Gasteiger partial charge in [0, 0.05) is 24.2 Å². The second kappa shape index (κ2) is 6.81. The van der Waals surface area contributed by atoms with E-state index in [-0.39, 0.29) is 0 Å². The number of hydrogen-bond acceptors (Lipinski definition) is 5. The number of aryl methyl sites for hydroxylation is 1. The van der Waals surface area contributed by atoms with Gasteiger partial charge in [0.25, 0.3) is 0 Å². The quantitative estimate of drug-likeness (QED) is 0.887. The smallest absolute Gasteiger partial charge is 0.128 e. The summed E-state index contributed by atoms with van der Waals surface area (Å²) in [5, 5.41) is 3.39. The maximum Gasteiger partial charge on any atom is 0.128 e. The fourth-order valence-corrected chi connectivity index (χ4v) is 2.91. The summed E-state index contributed by atoms with van der Waals surface area (Å²) in [5.74, 6) is 0.991. The van der Waals surface area contributed by atoms with E-state index in [4.69, 9.17) is 0 Å². The molecule has 4 nitrogen and oxygen atoms in total. The van der Waals surface area contributed by atoms with E-state index in [1.165, 1.54) is 10.4 Å². The molecule has 0 aromatic carbocycles. The zero-order valence-electron chi connectivity index (χ0n) is 12.6. The molecule has 0 bridgehead atoms. The van der Waals surface area contributed by atoms with Crippen LogP contribution < -0.4 is 10.2 Å². The zero-order valence-corrected chi connectivity index (χ0v) is 13.4. The largest absolute Gasteiger partial charge is 0.354 e. The standard InChI is InChI=1S/C15H22N4S/c1-5-16-11(2)13-6-7-15(17-8-13)19(4)9-14-12(3)18-10-20-14/h6-8,10-11,16H,5,9H2,1-4H3. The molecule has 20 heavy (non-hydrogen) atoms. The lowest BCUT2D eigenvalue weighted by atomic mass is 10.1. The summed E-state index contributed by atoms with van der Waals surface area (Å²) in [7, 11) is 2.06. The van der Waals surface area contributed by atoms with Crippen LogP contribution in [-0.4, -0.2) is 23.6 Å². The van der Waals surface area contributed by atoms with Crippen molar-refractivity contribution in [3.05, 3.63) is 40.0 Å². The van der Waals surface area contributed by atoms with E-state index >= 15 is 0 Å². The Kier molecular flexibility index (Phi) is 5.09. The average molecular weight is 290 g/mol. The highest BCUT2D eigenvalue weighted by atomic mass is 32.1. The van der Waals surface area contributed by atoms with Gasteiger partial charge in [0.2, 0.25) is 0 Å². The fraction of sp³-hybridized carbons (Fsp3) is 0.467. The minimum absolute atomic E-state index is 0.343. The first kappa shape index (κ1) is 14.9. The predicted molar refractivity (Wildman–Crippen MR) is 85.3 cm³/mol. The number of nitrogens with one attached hydrogen (secondary N) is 1. The van der Waals surface area contributed by atoms with Crippen LogP contribution in [0.4, 0.5) is 5.82 Å². The molecule has 5 heteroatoms. The molecule has 0 aliphatic rings. The Morgan fingerprint density at radius 3 is 2.70 bits per heavy atom. The zero-order chi connectivity index (χ0) is 14.5. The second-order valence-corrected chi connectivity index (χ2v) is 5.89. The fourth-order valence-electron chi connectivity index (χ4n) is 2.08. The molecule has 1 unspecified atom stereocenters. The minimum atomic E-state index is 0.343. The van der Waals surface area contributed by atoms with Gasteiger partial charge in [-0.05, 0) is 32.0 Å². The molecular weight excluding hydrogens is 268 g/mol. The lowest BCUT2D eigenvalue weighted by Gasteiger charge is -2.19. The molecule has 0 fully saturated rings. The molecule has 1 N–H and O–H groups in total. The monoisotopic (exact) mass is 290 g/mol. The molecule has 2 heterocycles. The molecule has 1 atom stereocenters. The first-order valence-corrected chi connectivity index (χ1v) is 7.79. The van der Waals surface area contributed by atoms with Crippen LogP contribution in [-0.2, 0) is 6.54 Å². The summed E-state index contributed by atoms with van der Waals surface area (Å²) in [6.07, 6.45) is 1.96. The minimum Gasteiger partial charge on any atom is -0.354 e. The number of hydrogen-bond donors (Lipinski definition) is 1. The Morgan fingerprint density at radius 1 is 1.35 bits per heavy atom. The van der Waals surface area contributed by atoms with E-state index in [9.17, 15) is 0 Å². The van der Waals surface area contributed by atoms with Crippen LogP contribution in [0.25, 0.3) is 0 Å². The third-order valence-electron chi connectivity index (χ3n) is 3.40. The molecule has 0 saturated heterocycles. The highest BCUT2D eigenvalue weighted by Crippen LogP contribution is 2.19. The van der Waals surface area contributed by atoms with Gasteiger partial charge in [-0.1, -0.05) is 13.0 Å². The summed E-state index contributed by atoms with van der Waals surface area (Å²) in [6.45, 7) is 8.14. The number of rotatable bonds is 6. The van der Waals surface area contributed by atoms with E-state index in [1.54, 1.807) is 11.3 Å². The first-order valence-electron chi connectivity index (χ1n) is 6.91. The number of anilines is 1. The van der Waals surface area contributed by atoms with Gasteiger partial charge in [-0.3, -0.25) is 0 Å². The third kappa shape index (κ3) is 3.55. The highest BCUT2D eigenvalue weighted by Gasteiger charge is 2.09. The van der Waals surface area contributed by atoms with Crippen LogP contribution >= 0.6 is 11.3 Å². The van der Waals surface area contributed by atoms with Gasteiger partial charge in [-0.2, -0.15) is 0 Å². The highest BCUT2D eigenvalue weighted by molar-refractivity contribution is 7.09. The Balaban J connectivity index is 2.04. The van der Waals surface area contributed by atoms with Crippen molar-refractivity contribution in [3.8, 4) is 0 Å². The van der Waals surface area contributed by atoms with Gasteiger partial charge in [0.15, 0.2) is 0 Å². The van der Waals surface area contributed by atoms with Crippen LogP contribution in [0.1, 0.15) is 36.0 Å². The van der Waals surface area contributed by atoms with E-state index in [0.717, 1.165) is 24.6 Å². The molecule has 2 aromatic heterocycles. The molecule has 0 radical (unpaired) electrons. The molecule has 108 valence electrons. The van der Waals surface area contributed by atoms with Crippen molar-refractivity contribution in [3.63, 3.8) is 0 Å². The lowest BCUT2D eigenvalue weighted by Crippen LogP contribution is -2.19. The van der Waals surface area contributed by atoms with Crippen LogP contribution in [0.15, 0.2) is 23.8 Å². The maximum absolute atomic E-state index is 4.56. The molecular formula is C15H22N4S. The first-order chi connectivity index (χ1) is 9.61. The van der Waals surface area contributed by atoms with Crippen molar-refractivity contribution in [2.45, 2.75) is 33.4 Å². The second-order valence-electron chi connectivity index (χ2n) is 4.95. The van der Waals surface area contributed by atoms with Crippen LogP contribution in [0.3, 0.4) is 0 Å². The normalized spacial score (nSPS) is 12.4. The number of thiazole rings is 1. The lowest BCUT2D eigenvalue weighted by molar-refractivity contribution is 0.596. The summed E-state index contributed by atoms with van der Waals surface area (Å²) < 4.78 is 0. The van der Waals surface area contributed by atoms with Gasteiger partial charge in [-0.15, -0.1) is 11.3 Å². The molecule has 2 aromatic rings. The third-order valence-corrected chi connectivity index (χ3v) is 4.32. The van der Waals surface area contributed by atoms with Crippen LogP contribution in [0, 0.1) is 6.92 Å². The van der Waals surface area contributed by atoms with Crippen LogP contribution in [0.5, 0.6) is 0 Å². The summed E-state index contributed by atoms with van der Waals surface area (Å²) in [4.78, 5) is 12.3. The van der Waals surface area contributed by atoms with Gasteiger partial charge in [0.05, 0.1) is 17.7 Å². The van der Waals surface area contributed by atoms with Crippen LogP contribution in [0.2, 0.25) is 0 Å². The van der Waals surface area contributed by atoms with Crippen molar-refractivity contribution in [2.24, 2.45) is 0 Å². The summed E-state index contributed by atoms with van der Waals surface area (Å²) in [5.41, 5.74) is 4.23. The maximum atomic E-state index is 4.56. The van der Waals surface area contributed by atoms with E-state index in [1.807, 2.05) is 18.6 Å².